The molecule has 274 valence electrons. The molecule has 0 saturated carbocycles. The summed E-state index contributed by atoms with van der Waals surface area (Å²) in [6.45, 7) is 0. The lowest BCUT2D eigenvalue weighted by Gasteiger charge is -2.18. The first-order valence-electron chi connectivity index (χ1n) is 17.7. The lowest BCUT2D eigenvalue weighted by Crippen LogP contribution is -2.46. The van der Waals surface area contributed by atoms with E-state index in [2.05, 4.69) is 10.6 Å². The Balaban J connectivity index is 1.29. The normalized spacial score (nSPS) is 13.5. The van der Waals surface area contributed by atoms with Gasteiger partial charge in [0.25, 0.3) is 0 Å². The zero-order valence-electron chi connectivity index (χ0n) is 29.8. The highest BCUT2D eigenvalue weighted by Gasteiger charge is 2.23. The van der Waals surface area contributed by atoms with E-state index >= 15 is 0 Å². The van der Waals surface area contributed by atoms with Gasteiger partial charge in [0.15, 0.2) is 0 Å². The molecule has 0 fully saturated rings. The van der Waals surface area contributed by atoms with Crippen LogP contribution in [0, 0.1) is 0 Å². The van der Waals surface area contributed by atoms with Gasteiger partial charge in [0.1, 0.15) is 12.1 Å². The highest BCUT2D eigenvalue weighted by atomic mass is 16.2. The molecule has 4 unspecified atom stereocenters. The maximum absolute atomic E-state index is 13.3. The standard InChI is InChI=1S/C44H44N6O4/c45-43(53)39(25-31-14-5-1-6-15-31)49-41(51)27-37(35-20-9-3-10-21-35)47-29-33-18-13-19-34(24-33)30-48-38(36-22-11-4-12-23-36)28-42(52)50-40(44(46)54)26-32-16-7-2-8-17-32/h1-24,29-30,37-40H,25-28H2,(H2,45,53)(H2,46,54)(H,49,51)(H,50,52). The van der Waals surface area contributed by atoms with E-state index in [9.17, 15) is 19.2 Å². The summed E-state index contributed by atoms with van der Waals surface area (Å²) in [7, 11) is 0. The third-order valence-corrected chi connectivity index (χ3v) is 8.77. The summed E-state index contributed by atoms with van der Waals surface area (Å²) in [6, 6.07) is 42.5. The molecule has 0 spiro atoms. The predicted molar refractivity (Wildman–Crippen MR) is 212 cm³/mol. The minimum atomic E-state index is -0.860. The molecule has 0 aliphatic rings. The van der Waals surface area contributed by atoms with Gasteiger partial charge in [-0.05, 0) is 39.4 Å². The Bertz CT molecular complexity index is 1900. The molecule has 10 heteroatoms. The van der Waals surface area contributed by atoms with Gasteiger partial charge in [0.05, 0.1) is 24.9 Å². The number of nitrogens with one attached hydrogen (secondary N) is 2. The SMILES string of the molecule is NC(=O)C(Cc1ccccc1)NC(=O)CC(N=Cc1cccc(C=NC(CC(=O)NC(Cc2ccccc2)C(N)=O)c2ccccc2)c1)c1ccccc1. The first kappa shape index (κ1) is 38.5. The maximum Gasteiger partial charge on any atom is 0.240 e. The fourth-order valence-electron chi connectivity index (χ4n) is 5.94. The summed E-state index contributed by atoms with van der Waals surface area (Å²) < 4.78 is 0. The van der Waals surface area contributed by atoms with Crippen LogP contribution < -0.4 is 22.1 Å². The van der Waals surface area contributed by atoms with Crippen LogP contribution >= 0.6 is 0 Å². The molecule has 5 rings (SSSR count). The Morgan fingerprint density at radius 1 is 0.500 bits per heavy atom. The van der Waals surface area contributed by atoms with Crippen molar-refractivity contribution in [3.63, 3.8) is 0 Å². The zero-order chi connectivity index (χ0) is 38.1. The summed E-state index contributed by atoms with van der Waals surface area (Å²) in [5.41, 5.74) is 16.3. The van der Waals surface area contributed by atoms with Crippen LogP contribution in [0.3, 0.4) is 0 Å². The number of hydrogen-bond acceptors (Lipinski definition) is 6. The lowest BCUT2D eigenvalue weighted by molar-refractivity contribution is -0.127. The van der Waals surface area contributed by atoms with Crippen LogP contribution in [0.1, 0.15) is 58.3 Å². The van der Waals surface area contributed by atoms with Crippen molar-refractivity contribution in [2.45, 2.75) is 49.9 Å². The summed E-state index contributed by atoms with van der Waals surface area (Å²) in [5.74, 6) is -1.92. The van der Waals surface area contributed by atoms with Crippen molar-refractivity contribution in [1.29, 1.82) is 0 Å². The molecule has 6 N–H and O–H groups in total. The molecule has 4 amide bonds. The van der Waals surface area contributed by atoms with Crippen molar-refractivity contribution in [2.75, 3.05) is 0 Å². The first-order chi connectivity index (χ1) is 26.2. The number of nitrogens with two attached hydrogens (primary N) is 2. The predicted octanol–water partition coefficient (Wildman–Crippen LogP) is 5.21. The second-order valence-electron chi connectivity index (χ2n) is 12.9. The molecule has 0 saturated heterocycles. The minimum absolute atomic E-state index is 0.00299. The highest BCUT2D eigenvalue weighted by Crippen LogP contribution is 2.23. The molecule has 5 aromatic carbocycles. The fraction of sp³-hybridized carbons (Fsp3) is 0.182. The van der Waals surface area contributed by atoms with Crippen LogP contribution in [0.4, 0.5) is 0 Å². The van der Waals surface area contributed by atoms with E-state index in [1.165, 1.54) is 0 Å². The fourth-order valence-corrected chi connectivity index (χ4v) is 5.94. The van der Waals surface area contributed by atoms with E-state index in [-0.39, 0.29) is 37.5 Å². The lowest BCUT2D eigenvalue weighted by atomic mass is 10.0. The van der Waals surface area contributed by atoms with Gasteiger partial charge >= 0.3 is 0 Å². The summed E-state index contributed by atoms with van der Waals surface area (Å²) >= 11 is 0. The van der Waals surface area contributed by atoms with Gasteiger partial charge in [0, 0.05) is 25.3 Å². The van der Waals surface area contributed by atoms with Crippen molar-refractivity contribution in [1.82, 2.24) is 10.6 Å². The molecule has 4 atom stereocenters. The second kappa shape index (κ2) is 19.8. The van der Waals surface area contributed by atoms with Crippen LogP contribution in [0.25, 0.3) is 0 Å². The third-order valence-electron chi connectivity index (χ3n) is 8.77. The first-order valence-corrected chi connectivity index (χ1v) is 17.7. The van der Waals surface area contributed by atoms with Crippen molar-refractivity contribution in [3.05, 3.63) is 179 Å². The molecule has 0 aliphatic heterocycles. The quantitative estimate of drug-likeness (QED) is 0.0912. The number of carbonyl (C=O) groups is 4. The topological polar surface area (TPSA) is 169 Å². The number of hydrogen-bond donors (Lipinski definition) is 4. The third kappa shape index (κ3) is 12.2. The minimum Gasteiger partial charge on any atom is -0.368 e. The van der Waals surface area contributed by atoms with E-state index in [4.69, 9.17) is 21.5 Å². The number of aliphatic imine (C=N–C) groups is 2. The van der Waals surface area contributed by atoms with E-state index < -0.39 is 36.0 Å². The molecule has 0 aliphatic carbocycles. The molecule has 5 aromatic rings. The molecule has 0 radical (unpaired) electrons. The van der Waals surface area contributed by atoms with E-state index in [0.717, 1.165) is 33.4 Å². The Morgan fingerprint density at radius 2 is 0.852 bits per heavy atom. The molecule has 10 nitrogen and oxygen atoms in total. The average Bonchev–Trinajstić information content (AvgIpc) is 3.19. The van der Waals surface area contributed by atoms with Gasteiger partial charge in [-0.3, -0.25) is 29.2 Å². The van der Waals surface area contributed by atoms with Crippen molar-refractivity contribution in [2.24, 2.45) is 21.5 Å². The van der Waals surface area contributed by atoms with E-state index in [1.807, 2.05) is 146 Å². The van der Waals surface area contributed by atoms with Gasteiger partial charge in [0.2, 0.25) is 23.6 Å². The number of rotatable bonds is 18. The molecule has 0 aromatic heterocycles. The van der Waals surface area contributed by atoms with E-state index in [0.29, 0.717) is 0 Å². The molecule has 0 bridgehead atoms. The van der Waals surface area contributed by atoms with Crippen LogP contribution in [0.2, 0.25) is 0 Å². The Morgan fingerprint density at radius 3 is 1.20 bits per heavy atom. The Hall–Kier alpha value is -6.68. The highest BCUT2D eigenvalue weighted by molar-refractivity contribution is 5.89. The average molecular weight is 721 g/mol. The zero-order valence-corrected chi connectivity index (χ0v) is 29.8. The van der Waals surface area contributed by atoms with Gasteiger partial charge in [-0.25, -0.2) is 0 Å². The number of amides is 4. The second-order valence-corrected chi connectivity index (χ2v) is 12.9. The molecular formula is C44H44N6O4. The van der Waals surface area contributed by atoms with Gasteiger partial charge in [-0.1, -0.05) is 140 Å². The van der Waals surface area contributed by atoms with Crippen LogP contribution in [0.15, 0.2) is 156 Å². The van der Waals surface area contributed by atoms with Crippen LogP contribution in [-0.2, 0) is 32.0 Å². The molecule has 0 heterocycles. The Kier molecular flexibility index (Phi) is 14.1. The smallest absolute Gasteiger partial charge is 0.240 e. The molecule has 54 heavy (non-hydrogen) atoms. The number of primary amides is 2. The van der Waals surface area contributed by atoms with Crippen molar-refractivity contribution >= 4 is 36.1 Å². The summed E-state index contributed by atoms with van der Waals surface area (Å²) in [4.78, 5) is 60.6. The van der Waals surface area contributed by atoms with Crippen molar-refractivity contribution in [3.8, 4) is 0 Å². The monoisotopic (exact) mass is 720 g/mol. The number of nitrogens with zero attached hydrogens (tertiary/aromatic N) is 2. The van der Waals surface area contributed by atoms with Crippen molar-refractivity contribution < 1.29 is 19.2 Å². The maximum atomic E-state index is 13.3. The Labute approximate surface area is 315 Å². The van der Waals surface area contributed by atoms with Gasteiger partial charge in [-0.15, -0.1) is 0 Å². The summed E-state index contributed by atoms with van der Waals surface area (Å²) in [6.07, 6.45) is 3.99. The van der Waals surface area contributed by atoms with Crippen LogP contribution in [-0.4, -0.2) is 48.1 Å². The van der Waals surface area contributed by atoms with E-state index in [1.54, 1.807) is 12.4 Å². The summed E-state index contributed by atoms with van der Waals surface area (Å²) in [5, 5.41) is 5.59. The molecular weight excluding hydrogens is 677 g/mol. The largest absolute Gasteiger partial charge is 0.368 e. The number of carbonyl (C=O) groups excluding carboxylic acids is 4. The van der Waals surface area contributed by atoms with Gasteiger partial charge in [-0.2, -0.15) is 0 Å². The van der Waals surface area contributed by atoms with Crippen LogP contribution in [0.5, 0.6) is 0 Å². The van der Waals surface area contributed by atoms with Gasteiger partial charge < -0.3 is 22.1 Å². The number of benzene rings is 5.